The zero-order valence-electron chi connectivity index (χ0n) is 12.4. The van der Waals surface area contributed by atoms with Gasteiger partial charge in [-0.1, -0.05) is 36.4 Å². The molecule has 6 heteroatoms. The first-order valence-corrected chi connectivity index (χ1v) is 7.50. The second kappa shape index (κ2) is 6.92. The van der Waals surface area contributed by atoms with Crippen molar-refractivity contribution in [1.82, 2.24) is 0 Å². The summed E-state index contributed by atoms with van der Waals surface area (Å²) >= 11 is 0. The first-order chi connectivity index (χ1) is 11.1. The molecule has 0 aliphatic carbocycles. The van der Waals surface area contributed by atoms with Crippen LogP contribution in [0.2, 0.25) is 0 Å². The number of fused-ring (bicyclic) bond motifs is 1. The Morgan fingerprint density at radius 3 is 2.43 bits per heavy atom. The van der Waals surface area contributed by atoms with Crippen LogP contribution in [-0.2, 0) is 16.1 Å². The summed E-state index contributed by atoms with van der Waals surface area (Å²) in [7, 11) is 0. The van der Waals surface area contributed by atoms with Gasteiger partial charge in [-0.3, -0.25) is 0 Å². The minimum Gasteiger partial charge on any atom is -0.394 e. The van der Waals surface area contributed by atoms with Crippen LogP contribution in [0.1, 0.15) is 5.56 Å². The summed E-state index contributed by atoms with van der Waals surface area (Å²) in [5.74, 6) is 0. The van der Waals surface area contributed by atoms with Crippen LogP contribution in [-0.4, -0.2) is 57.7 Å². The second-order valence-electron chi connectivity index (χ2n) is 5.69. The number of rotatable bonds is 4. The smallest absolute Gasteiger partial charge is 0.184 e. The molecule has 2 aromatic rings. The van der Waals surface area contributed by atoms with E-state index in [1.165, 1.54) is 0 Å². The summed E-state index contributed by atoms with van der Waals surface area (Å²) in [6.07, 6.45) is -6.14. The Labute approximate surface area is 133 Å². The van der Waals surface area contributed by atoms with Crippen LogP contribution in [0.4, 0.5) is 0 Å². The fraction of sp³-hybridized carbons (Fsp3) is 0.412. The van der Waals surface area contributed by atoms with Gasteiger partial charge >= 0.3 is 0 Å². The molecule has 1 aliphatic heterocycles. The summed E-state index contributed by atoms with van der Waals surface area (Å²) in [6.45, 7) is -0.310. The number of aliphatic hydroxyl groups excluding tert-OH is 4. The van der Waals surface area contributed by atoms with Gasteiger partial charge < -0.3 is 29.9 Å². The standard InChI is InChI=1S/C17H20O6/c18-8-13-14(19)16(15(20)17(21)23-13)22-9-10-5-6-11-3-1-2-4-12(11)7-10/h1-7,13-21H,8-9H2/t13-,14-,15-,16+,17-/m1/s1. The molecule has 0 radical (unpaired) electrons. The molecule has 1 fully saturated rings. The zero-order chi connectivity index (χ0) is 16.4. The molecule has 3 rings (SSSR count). The molecule has 23 heavy (non-hydrogen) atoms. The van der Waals surface area contributed by atoms with Crippen molar-refractivity contribution in [1.29, 1.82) is 0 Å². The monoisotopic (exact) mass is 320 g/mol. The average molecular weight is 320 g/mol. The van der Waals surface area contributed by atoms with Crippen LogP contribution < -0.4 is 0 Å². The lowest BCUT2D eigenvalue weighted by Crippen LogP contribution is -2.59. The minimum atomic E-state index is -1.50. The summed E-state index contributed by atoms with van der Waals surface area (Å²) in [5, 5.41) is 41.0. The average Bonchev–Trinajstić information content (AvgIpc) is 2.58. The predicted octanol–water partition coefficient (Wildman–Crippen LogP) is 0.156. The molecule has 0 aromatic heterocycles. The van der Waals surface area contributed by atoms with Crippen LogP contribution in [0.5, 0.6) is 0 Å². The van der Waals surface area contributed by atoms with E-state index in [4.69, 9.17) is 14.6 Å². The third-order valence-corrected chi connectivity index (χ3v) is 4.10. The lowest BCUT2D eigenvalue weighted by atomic mass is 9.99. The van der Waals surface area contributed by atoms with Crippen molar-refractivity contribution >= 4 is 10.8 Å². The predicted molar refractivity (Wildman–Crippen MR) is 82.5 cm³/mol. The van der Waals surface area contributed by atoms with Crippen LogP contribution in [0, 0.1) is 0 Å². The number of benzene rings is 2. The van der Waals surface area contributed by atoms with E-state index in [1.807, 2.05) is 42.5 Å². The Morgan fingerprint density at radius 1 is 0.957 bits per heavy atom. The molecule has 6 nitrogen and oxygen atoms in total. The summed E-state index contributed by atoms with van der Waals surface area (Å²) in [6, 6.07) is 13.7. The summed E-state index contributed by atoms with van der Waals surface area (Å²) < 4.78 is 10.5. The number of aliphatic hydroxyl groups is 4. The second-order valence-corrected chi connectivity index (χ2v) is 5.69. The van der Waals surface area contributed by atoms with Gasteiger partial charge in [0.05, 0.1) is 13.2 Å². The van der Waals surface area contributed by atoms with Crippen LogP contribution in [0.3, 0.4) is 0 Å². The Balaban J connectivity index is 1.72. The Bertz CT molecular complexity index is 660. The van der Waals surface area contributed by atoms with E-state index >= 15 is 0 Å². The van der Waals surface area contributed by atoms with Crippen LogP contribution >= 0.6 is 0 Å². The molecule has 1 saturated heterocycles. The quantitative estimate of drug-likeness (QED) is 0.640. The molecule has 0 saturated carbocycles. The molecule has 0 spiro atoms. The minimum absolute atomic E-state index is 0.161. The van der Waals surface area contributed by atoms with Gasteiger partial charge in [0.15, 0.2) is 6.29 Å². The van der Waals surface area contributed by atoms with E-state index < -0.39 is 37.3 Å². The summed E-state index contributed by atoms with van der Waals surface area (Å²) in [4.78, 5) is 0. The van der Waals surface area contributed by atoms with Crippen molar-refractivity contribution in [2.75, 3.05) is 6.61 Å². The van der Waals surface area contributed by atoms with Gasteiger partial charge in [0.2, 0.25) is 0 Å². The molecule has 124 valence electrons. The lowest BCUT2D eigenvalue weighted by Gasteiger charge is -2.39. The maximum Gasteiger partial charge on any atom is 0.184 e. The molecule has 2 aromatic carbocycles. The molecule has 5 atom stereocenters. The van der Waals surface area contributed by atoms with E-state index in [0.29, 0.717) is 0 Å². The molecule has 4 N–H and O–H groups in total. The van der Waals surface area contributed by atoms with E-state index in [-0.39, 0.29) is 6.61 Å². The fourth-order valence-electron chi connectivity index (χ4n) is 2.79. The number of hydrogen-bond donors (Lipinski definition) is 4. The van der Waals surface area contributed by atoms with Gasteiger partial charge in [-0.05, 0) is 22.4 Å². The molecule has 1 aliphatic rings. The van der Waals surface area contributed by atoms with Gasteiger partial charge in [0.25, 0.3) is 0 Å². The normalized spacial score (nSPS) is 31.4. The van der Waals surface area contributed by atoms with E-state index in [0.717, 1.165) is 16.3 Å². The van der Waals surface area contributed by atoms with E-state index in [1.54, 1.807) is 0 Å². The van der Waals surface area contributed by atoms with E-state index in [2.05, 4.69) is 0 Å². The SMILES string of the molecule is OC[C@H]1O[C@@H](O)[C@H](O)[C@@H](OCc2ccc3ccccc3c2)[C@@H]1O. The lowest BCUT2D eigenvalue weighted by molar-refractivity contribution is -0.296. The van der Waals surface area contributed by atoms with Gasteiger partial charge in [0, 0.05) is 0 Å². The number of hydrogen-bond acceptors (Lipinski definition) is 6. The maximum absolute atomic E-state index is 10.1. The van der Waals surface area contributed by atoms with E-state index in [9.17, 15) is 15.3 Å². The van der Waals surface area contributed by atoms with Crippen LogP contribution in [0.15, 0.2) is 42.5 Å². The highest BCUT2D eigenvalue weighted by Crippen LogP contribution is 2.24. The highest BCUT2D eigenvalue weighted by Gasteiger charge is 2.44. The fourth-order valence-corrected chi connectivity index (χ4v) is 2.79. The van der Waals surface area contributed by atoms with Crippen molar-refractivity contribution < 1.29 is 29.9 Å². The van der Waals surface area contributed by atoms with Crippen molar-refractivity contribution in [3.63, 3.8) is 0 Å². The Hall–Kier alpha value is -1.54. The summed E-state index contributed by atoms with van der Waals surface area (Å²) in [5.41, 5.74) is 0.879. The van der Waals surface area contributed by atoms with Gasteiger partial charge in [-0.15, -0.1) is 0 Å². The van der Waals surface area contributed by atoms with Crippen LogP contribution in [0.25, 0.3) is 10.8 Å². The molecular weight excluding hydrogens is 300 g/mol. The van der Waals surface area contributed by atoms with Gasteiger partial charge in [0.1, 0.15) is 24.4 Å². The van der Waals surface area contributed by atoms with Crippen molar-refractivity contribution in [3.8, 4) is 0 Å². The Kier molecular flexibility index (Phi) is 4.91. The highest BCUT2D eigenvalue weighted by atomic mass is 16.6. The van der Waals surface area contributed by atoms with Gasteiger partial charge in [-0.25, -0.2) is 0 Å². The van der Waals surface area contributed by atoms with Crippen molar-refractivity contribution in [3.05, 3.63) is 48.0 Å². The molecule has 0 amide bonds. The molecule has 1 heterocycles. The molecule has 0 bridgehead atoms. The zero-order valence-corrected chi connectivity index (χ0v) is 12.4. The maximum atomic E-state index is 10.1. The van der Waals surface area contributed by atoms with Gasteiger partial charge in [-0.2, -0.15) is 0 Å². The van der Waals surface area contributed by atoms with Crippen molar-refractivity contribution in [2.45, 2.75) is 37.3 Å². The first kappa shape index (κ1) is 16.3. The molecular formula is C17H20O6. The Morgan fingerprint density at radius 2 is 1.70 bits per heavy atom. The number of ether oxygens (including phenoxy) is 2. The third-order valence-electron chi connectivity index (χ3n) is 4.10. The largest absolute Gasteiger partial charge is 0.394 e. The molecule has 0 unspecified atom stereocenters. The van der Waals surface area contributed by atoms with Crippen molar-refractivity contribution in [2.24, 2.45) is 0 Å². The third kappa shape index (κ3) is 3.37. The topological polar surface area (TPSA) is 99.4 Å². The highest BCUT2D eigenvalue weighted by molar-refractivity contribution is 5.82. The first-order valence-electron chi connectivity index (χ1n) is 7.50.